The average Bonchev–Trinajstić information content (AvgIpc) is 2.71. The molecule has 1 aromatic carbocycles. The lowest BCUT2D eigenvalue weighted by Crippen LogP contribution is -2.38. The largest absolute Gasteiger partial charge is 0.458 e. The van der Waals surface area contributed by atoms with E-state index in [2.05, 4.69) is 10.3 Å². The van der Waals surface area contributed by atoms with Gasteiger partial charge in [0.1, 0.15) is 18.3 Å². The molecule has 0 aliphatic heterocycles. The quantitative estimate of drug-likeness (QED) is 0.514. The number of nitrogens with zero attached hydrogens (tertiary/aromatic N) is 2. The van der Waals surface area contributed by atoms with Gasteiger partial charge in [0.15, 0.2) is 0 Å². The monoisotopic (exact) mass is 391 g/mol. The second-order valence-electron chi connectivity index (χ2n) is 6.53. The molecule has 0 fully saturated rings. The van der Waals surface area contributed by atoms with E-state index in [1.165, 1.54) is 23.5 Å². The summed E-state index contributed by atoms with van der Waals surface area (Å²) in [5.74, 6) is -1.02. The maximum absolute atomic E-state index is 12.3. The van der Waals surface area contributed by atoms with Crippen LogP contribution in [-0.4, -0.2) is 27.3 Å². The van der Waals surface area contributed by atoms with E-state index in [-0.39, 0.29) is 12.2 Å². The number of esters is 1. The van der Waals surface area contributed by atoms with Crippen LogP contribution in [0.15, 0.2) is 65.5 Å². The van der Waals surface area contributed by atoms with Crippen LogP contribution in [0.4, 0.5) is 0 Å². The number of carbonyl (C=O) groups excluding carboxylic acids is 2. The number of rotatable bonds is 6. The SMILES string of the molecule is Cc1cccc2nc(COC(=O)[C@H](C)NC(=O)/C=C/c3ccccc3)cc(=O)n12. The van der Waals surface area contributed by atoms with Gasteiger partial charge in [0.05, 0.1) is 5.69 Å². The van der Waals surface area contributed by atoms with Crippen LogP contribution in [0.25, 0.3) is 11.7 Å². The minimum absolute atomic E-state index is 0.154. The van der Waals surface area contributed by atoms with Crippen LogP contribution in [0, 0.1) is 6.92 Å². The van der Waals surface area contributed by atoms with Crippen molar-refractivity contribution < 1.29 is 14.3 Å². The Morgan fingerprint density at radius 3 is 2.69 bits per heavy atom. The number of carbonyl (C=O) groups is 2. The van der Waals surface area contributed by atoms with Gasteiger partial charge in [-0.05, 0) is 37.6 Å². The van der Waals surface area contributed by atoms with Gasteiger partial charge in [0, 0.05) is 17.8 Å². The second-order valence-corrected chi connectivity index (χ2v) is 6.53. The summed E-state index contributed by atoms with van der Waals surface area (Å²) in [6.07, 6.45) is 3.01. The molecule has 0 radical (unpaired) electrons. The first-order valence-electron chi connectivity index (χ1n) is 9.12. The normalized spacial score (nSPS) is 12.1. The van der Waals surface area contributed by atoms with E-state index in [4.69, 9.17) is 4.74 Å². The Bertz CT molecular complexity index is 1120. The lowest BCUT2D eigenvalue weighted by Gasteiger charge is -2.12. The Kier molecular flexibility index (Phi) is 6.19. The molecule has 1 atom stereocenters. The molecule has 0 saturated carbocycles. The van der Waals surface area contributed by atoms with Gasteiger partial charge < -0.3 is 10.1 Å². The number of nitrogens with one attached hydrogen (secondary N) is 1. The topological polar surface area (TPSA) is 89.8 Å². The molecule has 29 heavy (non-hydrogen) atoms. The first kappa shape index (κ1) is 20.0. The summed E-state index contributed by atoms with van der Waals surface area (Å²) in [5.41, 5.74) is 2.23. The summed E-state index contributed by atoms with van der Waals surface area (Å²) < 4.78 is 6.68. The molecular formula is C22H21N3O4. The summed E-state index contributed by atoms with van der Waals surface area (Å²) in [7, 11) is 0. The van der Waals surface area contributed by atoms with Crippen molar-refractivity contribution in [3.8, 4) is 0 Å². The molecule has 148 valence electrons. The van der Waals surface area contributed by atoms with Crippen molar-refractivity contribution in [2.24, 2.45) is 0 Å². The molecule has 3 aromatic rings. The zero-order valence-corrected chi connectivity index (χ0v) is 16.2. The fourth-order valence-electron chi connectivity index (χ4n) is 2.76. The van der Waals surface area contributed by atoms with Crippen molar-refractivity contribution in [3.63, 3.8) is 0 Å². The Morgan fingerprint density at radius 1 is 1.17 bits per heavy atom. The van der Waals surface area contributed by atoms with Crippen LogP contribution in [0.1, 0.15) is 23.9 Å². The minimum Gasteiger partial charge on any atom is -0.458 e. The van der Waals surface area contributed by atoms with Crippen LogP contribution in [0.5, 0.6) is 0 Å². The minimum atomic E-state index is -0.841. The summed E-state index contributed by atoms with van der Waals surface area (Å²) in [6, 6.07) is 15.2. The highest BCUT2D eigenvalue weighted by molar-refractivity contribution is 5.94. The molecule has 0 unspecified atom stereocenters. The van der Waals surface area contributed by atoms with Crippen LogP contribution >= 0.6 is 0 Å². The number of pyridine rings is 1. The van der Waals surface area contributed by atoms with Crippen molar-refractivity contribution >= 4 is 23.6 Å². The average molecular weight is 391 g/mol. The molecule has 3 rings (SSSR count). The van der Waals surface area contributed by atoms with E-state index in [0.29, 0.717) is 11.3 Å². The standard InChI is InChI=1S/C22H21N3O4/c1-15-7-6-10-19-24-18(13-21(27)25(15)19)14-29-22(28)16(2)23-20(26)12-11-17-8-4-3-5-9-17/h3-13,16H,14H2,1-2H3,(H,23,26)/b12-11+/t16-/m0/s1. The molecule has 7 nitrogen and oxygen atoms in total. The molecule has 0 aliphatic rings. The number of fused-ring (bicyclic) bond motifs is 1. The Morgan fingerprint density at radius 2 is 1.93 bits per heavy atom. The van der Waals surface area contributed by atoms with Gasteiger partial charge in [-0.15, -0.1) is 0 Å². The van der Waals surface area contributed by atoms with Crippen molar-refractivity contribution in [1.29, 1.82) is 0 Å². The van der Waals surface area contributed by atoms with E-state index in [0.717, 1.165) is 11.3 Å². The molecular weight excluding hydrogens is 370 g/mol. The third-order valence-electron chi connectivity index (χ3n) is 4.23. The van der Waals surface area contributed by atoms with Gasteiger partial charge in [0.2, 0.25) is 5.91 Å². The predicted molar refractivity (Wildman–Crippen MR) is 109 cm³/mol. The first-order chi connectivity index (χ1) is 13.9. The zero-order chi connectivity index (χ0) is 20.8. The number of hydrogen-bond acceptors (Lipinski definition) is 5. The van der Waals surface area contributed by atoms with E-state index < -0.39 is 17.9 Å². The fourth-order valence-corrected chi connectivity index (χ4v) is 2.76. The zero-order valence-electron chi connectivity index (χ0n) is 16.2. The number of aromatic nitrogens is 2. The van der Waals surface area contributed by atoms with Crippen LogP contribution in [-0.2, 0) is 20.9 Å². The van der Waals surface area contributed by atoms with Crippen molar-refractivity contribution in [2.45, 2.75) is 26.5 Å². The lowest BCUT2D eigenvalue weighted by atomic mass is 10.2. The fraction of sp³-hybridized carbons (Fsp3) is 0.182. The van der Waals surface area contributed by atoms with Crippen molar-refractivity contribution in [2.75, 3.05) is 0 Å². The molecule has 0 spiro atoms. The number of benzene rings is 1. The van der Waals surface area contributed by atoms with Crippen molar-refractivity contribution in [3.05, 3.63) is 88.0 Å². The molecule has 1 amide bonds. The Labute approximate surface area is 167 Å². The highest BCUT2D eigenvalue weighted by atomic mass is 16.5. The maximum atomic E-state index is 12.3. The molecule has 0 saturated heterocycles. The van der Waals surface area contributed by atoms with Gasteiger partial charge in [0.25, 0.3) is 5.56 Å². The number of aryl methyl sites for hydroxylation is 1. The summed E-state index contributed by atoms with van der Waals surface area (Å²) in [6.45, 7) is 3.19. The summed E-state index contributed by atoms with van der Waals surface area (Å²) in [5, 5.41) is 2.55. The van der Waals surface area contributed by atoms with Gasteiger partial charge in [-0.25, -0.2) is 9.78 Å². The maximum Gasteiger partial charge on any atom is 0.328 e. The third kappa shape index (κ3) is 5.16. The number of amides is 1. The number of ether oxygens (including phenoxy) is 1. The van der Waals surface area contributed by atoms with E-state index in [1.54, 1.807) is 18.2 Å². The van der Waals surface area contributed by atoms with Crippen LogP contribution < -0.4 is 10.9 Å². The van der Waals surface area contributed by atoms with Gasteiger partial charge in [-0.2, -0.15) is 0 Å². The lowest BCUT2D eigenvalue weighted by molar-refractivity contribution is -0.148. The number of hydrogen-bond donors (Lipinski definition) is 1. The second kappa shape index (κ2) is 8.97. The van der Waals surface area contributed by atoms with Gasteiger partial charge in [-0.3, -0.25) is 14.0 Å². The highest BCUT2D eigenvalue weighted by Crippen LogP contribution is 2.05. The smallest absolute Gasteiger partial charge is 0.328 e. The molecule has 2 heterocycles. The van der Waals surface area contributed by atoms with E-state index in [1.807, 2.05) is 43.3 Å². The first-order valence-corrected chi connectivity index (χ1v) is 9.12. The molecule has 7 heteroatoms. The molecule has 2 aromatic heterocycles. The summed E-state index contributed by atoms with van der Waals surface area (Å²) >= 11 is 0. The van der Waals surface area contributed by atoms with Gasteiger partial charge >= 0.3 is 5.97 Å². The molecule has 1 N–H and O–H groups in total. The summed E-state index contributed by atoms with van der Waals surface area (Å²) in [4.78, 5) is 40.7. The molecule has 0 bridgehead atoms. The van der Waals surface area contributed by atoms with Crippen LogP contribution in [0.2, 0.25) is 0 Å². The third-order valence-corrected chi connectivity index (χ3v) is 4.23. The van der Waals surface area contributed by atoms with Crippen LogP contribution in [0.3, 0.4) is 0 Å². The van der Waals surface area contributed by atoms with Gasteiger partial charge in [-0.1, -0.05) is 36.4 Å². The van der Waals surface area contributed by atoms with E-state index in [9.17, 15) is 14.4 Å². The Balaban J connectivity index is 1.57. The predicted octanol–water partition coefficient (Wildman–Crippen LogP) is 2.26. The highest BCUT2D eigenvalue weighted by Gasteiger charge is 2.16. The molecule has 0 aliphatic carbocycles. The Hall–Kier alpha value is -3.74. The van der Waals surface area contributed by atoms with Crippen molar-refractivity contribution in [1.82, 2.24) is 14.7 Å². The van der Waals surface area contributed by atoms with E-state index >= 15 is 0 Å².